The molecule has 4 N–H and O–H groups in total. The third-order valence-electron chi connectivity index (χ3n) is 7.75. The van der Waals surface area contributed by atoms with Gasteiger partial charge in [0.15, 0.2) is 5.82 Å². The Morgan fingerprint density at radius 1 is 0.976 bits per heavy atom. The first-order valence-corrected chi connectivity index (χ1v) is 13.9. The first-order chi connectivity index (χ1) is 20.5. The van der Waals surface area contributed by atoms with Gasteiger partial charge in [-0.15, -0.1) is 0 Å². The third kappa shape index (κ3) is 5.05. The topological polar surface area (TPSA) is 145 Å². The van der Waals surface area contributed by atoms with Crippen LogP contribution in [0.15, 0.2) is 61.2 Å². The molecule has 210 valence electrons. The summed E-state index contributed by atoms with van der Waals surface area (Å²) in [6, 6.07) is 9.33. The Labute approximate surface area is 239 Å². The largest absolute Gasteiger partial charge is 0.508 e. The van der Waals surface area contributed by atoms with E-state index >= 15 is 0 Å². The molecule has 1 saturated carbocycles. The van der Waals surface area contributed by atoms with Crippen molar-refractivity contribution in [2.45, 2.75) is 38.5 Å². The number of carbonyl (C=O) groups excluding carboxylic acids is 1. The van der Waals surface area contributed by atoms with Crippen molar-refractivity contribution in [3.8, 4) is 39.8 Å². The summed E-state index contributed by atoms with van der Waals surface area (Å²) >= 11 is 0. The van der Waals surface area contributed by atoms with Gasteiger partial charge in [-0.05, 0) is 49.1 Å². The molecule has 1 aliphatic rings. The smallest absolute Gasteiger partial charge is 0.224 e. The maximum Gasteiger partial charge on any atom is 0.224 e. The standard InChI is InChI=1S/C31H27FN8O2/c32-20-9-18(11-22(41)12-20)28-30-24(6-7-34-28)37-31(38-30)29-23-13-25(35-16-26(23)39-40-29)19-10-21(15-33-14-19)36-27(42)8-17-4-2-1-3-5-17/h6-7,9-17,41H,1-5,8H2,(H,36,42)(H,37,38)(H,39,40). The molecule has 0 radical (unpaired) electrons. The number of rotatable bonds is 6. The predicted octanol–water partition coefficient (Wildman–Crippen LogP) is 6.38. The number of nitrogens with one attached hydrogen (secondary N) is 3. The average molecular weight is 563 g/mol. The van der Waals surface area contributed by atoms with Gasteiger partial charge < -0.3 is 15.4 Å². The fourth-order valence-corrected chi connectivity index (χ4v) is 5.74. The van der Waals surface area contributed by atoms with E-state index in [0.29, 0.717) is 63.0 Å². The maximum atomic E-state index is 14.0. The number of phenolic OH excluding ortho intramolecular Hbond substituents is 1. The molecule has 10 nitrogen and oxygen atoms in total. The van der Waals surface area contributed by atoms with Gasteiger partial charge in [0.1, 0.15) is 22.8 Å². The van der Waals surface area contributed by atoms with Crippen molar-refractivity contribution in [3.63, 3.8) is 0 Å². The number of hydrogen-bond acceptors (Lipinski definition) is 7. The second kappa shape index (κ2) is 10.7. The average Bonchev–Trinajstić information content (AvgIpc) is 3.61. The fourth-order valence-electron chi connectivity index (χ4n) is 5.74. The molecule has 0 unspecified atom stereocenters. The molecule has 42 heavy (non-hydrogen) atoms. The number of H-pyrrole nitrogens is 2. The van der Waals surface area contributed by atoms with E-state index in [4.69, 9.17) is 4.98 Å². The molecule has 0 bridgehead atoms. The van der Waals surface area contributed by atoms with E-state index in [1.54, 1.807) is 30.9 Å². The first-order valence-electron chi connectivity index (χ1n) is 13.9. The Morgan fingerprint density at radius 2 is 1.86 bits per heavy atom. The predicted molar refractivity (Wildman–Crippen MR) is 157 cm³/mol. The van der Waals surface area contributed by atoms with E-state index in [1.807, 2.05) is 12.1 Å². The van der Waals surface area contributed by atoms with Gasteiger partial charge in [0, 0.05) is 41.4 Å². The van der Waals surface area contributed by atoms with Gasteiger partial charge in [-0.1, -0.05) is 19.3 Å². The van der Waals surface area contributed by atoms with Crippen molar-refractivity contribution in [1.29, 1.82) is 0 Å². The molecule has 0 atom stereocenters. The summed E-state index contributed by atoms with van der Waals surface area (Å²) in [6.45, 7) is 0. The molecule has 0 spiro atoms. The number of fused-ring (bicyclic) bond motifs is 2. The molecule has 6 aromatic rings. The van der Waals surface area contributed by atoms with Crippen LogP contribution in [0.5, 0.6) is 5.75 Å². The van der Waals surface area contributed by atoms with E-state index < -0.39 is 5.82 Å². The highest BCUT2D eigenvalue weighted by atomic mass is 19.1. The molecule has 11 heteroatoms. The van der Waals surface area contributed by atoms with E-state index in [9.17, 15) is 14.3 Å². The number of aromatic hydroxyl groups is 1. The van der Waals surface area contributed by atoms with Gasteiger partial charge in [-0.25, -0.2) is 9.37 Å². The van der Waals surface area contributed by atoms with Crippen LogP contribution in [0.4, 0.5) is 10.1 Å². The number of aromatic amines is 2. The molecular formula is C31H27FN8O2. The summed E-state index contributed by atoms with van der Waals surface area (Å²) in [7, 11) is 0. The van der Waals surface area contributed by atoms with Crippen LogP contribution in [0.2, 0.25) is 0 Å². The molecule has 7 rings (SSSR count). The van der Waals surface area contributed by atoms with Crippen molar-refractivity contribution < 1.29 is 14.3 Å². The number of anilines is 1. The zero-order chi connectivity index (χ0) is 28.6. The van der Waals surface area contributed by atoms with Crippen LogP contribution in [0.1, 0.15) is 38.5 Å². The highest BCUT2D eigenvalue weighted by Crippen LogP contribution is 2.33. The molecule has 5 aromatic heterocycles. The lowest BCUT2D eigenvalue weighted by molar-refractivity contribution is -0.117. The minimum atomic E-state index is -0.569. The van der Waals surface area contributed by atoms with Crippen molar-refractivity contribution in [2.75, 3.05) is 5.32 Å². The lowest BCUT2D eigenvalue weighted by Gasteiger charge is -2.20. The van der Waals surface area contributed by atoms with Crippen molar-refractivity contribution in [1.82, 2.24) is 35.1 Å². The molecule has 1 aromatic carbocycles. The number of pyridine rings is 3. The van der Waals surface area contributed by atoms with Gasteiger partial charge in [0.25, 0.3) is 0 Å². The number of benzene rings is 1. The van der Waals surface area contributed by atoms with Crippen LogP contribution in [0.3, 0.4) is 0 Å². The van der Waals surface area contributed by atoms with Crippen LogP contribution >= 0.6 is 0 Å². The number of hydrogen-bond donors (Lipinski definition) is 4. The number of imidazole rings is 1. The van der Waals surface area contributed by atoms with Crippen LogP contribution < -0.4 is 5.32 Å². The SMILES string of the molecule is O=C(CC1CCCCC1)Nc1cncc(-c2cc3c(-c4nc5c(-c6cc(O)cc(F)c6)nccc5[nH]4)n[nH]c3cn2)c1. The zero-order valence-corrected chi connectivity index (χ0v) is 22.6. The third-order valence-corrected chi connectivity index (χ3v) is 7.75. The lowest BCUT2D eigenvalue weighted by Crippen LogP contribution is -2.18. The Kier molecular flexibility index (Phi) is 6.54. The van der Waals surface area contributed by atoms with Crippen molar-refractivity contribution >= 4 is 33.5 Å². The summed E-state index contributed by atoms with van der Waals surface area (Å²) in [5, 5.41) is 21.2. The number of aromatic nitrogens is 7. The Balaban J connectivity index is 1.20. The van der Waals surface area contributed by atoms with Gasteiger partial charge in [0.05, 0.1) is 40.5 Å². The summed E-state index contributed by atoms with van der Waals surface area (Å²) < 4.78 is 14.0. The second-order valence-electron chi connectivity index (χ2n) is 10.7. The van der Waals surface area contributed by atoms with Crippen LogP contribution in [0, 0.1) is 11.7 Å². The summed E-state index contributed by atoms with van der Waals surface area (Å²) in [4.78, 5) is 34.0. The van der Waals surface area contributed by atoms with E-state index in [0.717, 1.165) is 29.9 Å². The molecular weight excluding hydrogens is 535 g/mol. The zero-order valence-electron chi connectivity index (χ0n) is 22.6. The molecule has 1 amide bonds. The highest BCUT2D eigenvalue weighted by molar-refractivity contribution is 5.97. The Hall–Kier alpha value is -5.19. The monoisotopic (exact) mass is 562 g/mol. The number of carbonyl (C=O) groups is 1. The van der Waals surface area contributed by atoms with E-state index in [-0.39, 0.29) is 11.7 Å². The van der Waals surface area contributed by atoms with Crippen molar-refractivity contribution in [2.24, 2.45) is 5.92 Å². The van der Waals surface area contributed by atoms with Gasteiger partial charge in [-0.2, -0.15) is 5.10 Å². The van der Waals surface area contributed by atoms with Gasteiger partial charge in [-0.3, -0.25) is 24.8 Å². The fraction of sp³-hybridized carbons (Fsp3) is 0.226. The Morgan fingerprint density at radius 3 is 2.71 bits per heavy atom. The van der Waals surface area contributed by atoms with Crippen molar-refractivity contribution in [3.05, 3.63) is 67.0 Å². The molecule has 0 saturated heterocycles. The van der Waals surface area contributed by atoms with E-state index in [1.165, 1.54) is 31.4 Å². The number of halogens is 1. The van der Waals surface area contributed by atoms with Crippen LogP contribution in [-0.4, -0.2) is 46.1 Å². The Bertz CT molecular complexity index is 1920. The molecule has 1 fully saturated rings. The minimum absolute atomic E-state index is 0.00794. The normalized spacial score (nSPS) is 14.0. The quantitative estimate of drug-likeness (QED) is 0.184. The van der Waals surface area contributed by atoms with Crippen LogP contribution in [-0.2, 0) is 4.79 Å². The molecule has 0 aliphatic heterocycles. The maximum absolute atomic E-state index is 14.0. The van der Waals surface area contributed by atoms with Gasteiger partial charge >= 0.3 is 0 Å². The number of phenols is 1. The highest BCUT2D eigenvalue weighted by Gasteiger charge is 2.19. The van der Waals surface area contributed by atoms with Crippen LogP contribution in [0.25, 0.3) is 56.0 Å². The summed E-state index contributed by atoms with van der Waals surface area (Å²) in [5.74, 6) is 0.184. The van der Waals surface area contributed by atoms with E-state index in [2.05, 4.69) is 35.5 Å². The molecule has 5 heterocycles. The first kappa shape index (κ1) is 25.8. The summed E-state index contributed by atoms with van der Waals surface area (Å²) in [5.41, 5.74) is 5.37. The molecule has 1 aliphatic carbocycles. The lowest BCUT2D eigenvalue weighted by atomic mass is 9.87. The van der Waals surface area contributed by atoms with Gasteiger partial charge in [0.2, 0.25) is 5.91 Å². The minimum Gasteiger partial charge on any atom is -0.508 e. The number of nitrogens with zero attached hydrogens (tertiary/aromatic N) is 5. The number of amides is 1. The summed E-state index contributed by atoms with van der Waals surface area (Å²) in [6.07, 6.45) is 13.0. The second-order valence-corrected chi connectivity index (χ2v) is 10.7.